The summed E-state index contributed by atoms with van der Waals surface area (Å²) in [7, 11) is 0. The second-order valence-corrected chi connectivity index (χ2v) is 5.47. The lowest BCUT2D eigenvalue weighted by Gasteiger charge is -2.27. The lowest BCUT2D eigenvalue weighted by atomic mass is 9.82. The molecule has 1 aromatic carbocycles. The van der Waals surface area contributed by atoms with Gasteiger partial charge in [-0.3, -0.25) is 4.79 Å². The van der Waals surface area contributed by atoms with Gasteiger partial charge >= 0.3 is 5.97 Å². The Hall–Kier alpha value is -1.35. The molecule has 0 atom stereocenters. The molecule has 20 heavy (non-hydrogen) atoms. The molecular formula is C17H27NO2. The zero-order valence-electron chi connectivity index (χ0n) is 12.9. The summed E-state index contributed by atoms with van der Waals surface area (Å²) >= 11 is 0. The topological polar surface area (TPSA) is 49.3 Å². The molecule has 0 amide bonds. The molecule has 0 aliphatic heterocycles. The van der Waals surface area contributed by atoms with Crippen molar-refractivity contribution < 1.29 is 9.90 Å². The first-order valence-electron chi connectivity index (χ1n) is 7.60. The van der Waals surface area contributed by atoms with Gasteiger partial charge in [0.15, 0.2) is 0 Å². The normalized spacial score (nSPS) is 11.6. The zero-order chi connectivity index (χ0) is 15.0. The van der Waals surface area contributed by atoms with E-state index >= 15 is 0 Å². The van der Waals surface area contributed by atoms with E-state index < -0.39 is 11.4 Å². The Bertz CT molecular complexity index is 425. The molecule has 0 saturated heterocycles. The van der Waals surface area contributed by atoms with Crippen molar-refractivity contribution in [3.05, 3.63) is 35.4 Å². The number of aliphatic carboxylic acids is 1. The van der Waals surface area contributed by atoms with Crippen molar-refractivity contribution in [1.29, 1.82) is 0 Å². The second kappa shape index (κ2) is 8.05. The molecule has 0 aromatic heterocycles. The van der Waals surface area contributed by atoms with Gasteiger partial charge in [0.2, 0.25) is 0 Å². The van der Waals surface area contributed by atoms with Crippen LogP contribution in [0.25, 0.3) is 0 Å². The molecule has 3 heteroatoms. The molecule has 112 valence electrons. The summed E-state index contributed by atoms with van der Waals surface area (Å²) in [5.41, 5.74) is 1.94. The van der Waals surface area contributed by atoms with Gasteiger partial charge in [-0.15, -0.1) is 0 Å². The third kappa shape index (κ3) is 4.34. The highest BCUT2D eigenvalue weighted by Crippen LogP contribution is 2.25. The number of hydrogen-bond donors (Lipinski definition) is 2. The number of rotatable bonds is 9. The fourth-order valence-electron chi connectivity index (χ4n) is 2.51. The van der Waals surface area contributed by atoms with Crippen molar-refractivity contribution in [2.24, 2.45) is 5.41 Å². The van der Waals surface area contributed by atoms with Crippen LogP contribution in [0.4, 0.5) is 0 Å². The molecule has 0 aliphatic rings. The van der Waals surface area contributed by atoms with Crippen LogP contribution in [0.3, 0.4) is 0 Å². The van der Waals surface area contributed by atoms with Crippen LogP contribution >= 0.6 is 0 Å². The number of hydrogen-bond acceptors (Lipinski definition) is 2. The molecule has 1 rings (SSSR count). The SMILES string of the molecule is CCCc1cccc(CNCC(CC)(CC)C(=O)O)c1. The van der Waals surface area contributed by atoms with Crippen LogP contribution in [-0.2, 0) is 17.8 Å². The summed E-state index contributed by atoms with van der Waals surface area (Å²) < 4.78 is 0. The van der Waals surface area contributed by atoms with E-state index in [0.29, 0.717) is 19.4 Å². The average Bonchev–Trinajstić information content (AvgIpc) is 2.44. The van der Waals surface area contributed by atoms with Crippen molar-refractivity contribution in [1.82, 2.24) is 5.32 Å². The number of nitrogens with one attached hydrogen (secondary N) is 1. The first-order valence-corrected chi connectivity index (χ1v) is 7.60. The van der Waals surface area contributed by atoms with E-state index in [4.69, 9.17) is 0 Å². The van der Waals surface area contributed by atoms with Crippen LogP contribution in [0, 0.1) is 5.41 Å². The smallest absolute Gasteiger partial charge is 0.310 e. The number of carboxylic acid groups (broad SMARTS) is 1. The molecule has 0 saturated carbocycles. The Morgan fingerprint density at radius 1 is 1.20 bits per heavy atom. The van der Waals surface area contributed by atoms with E-state index in [9.17, 15) is 9.90 Å². The Morgan fingerprint density at radius 2 is 1.85 bits per heavy atom. The minimum Gasteiger partial charge on any atom is -0.481 e. The molecule has 0 fully saturated rings. The van der Waals surface area contributed by atoms with Crippen molar-refractivity contribution in [3.63, 3.8) is 0 Å². The quantitative estimate of drug-likeness (QED) is 0.725. The highest BCUT2D eigenvalue weighted by atomic mass is 16.4. The van der Waals surface area contributed by atoms with E-state index in [0.717, 1.165) is 19.4 Å². The minimum absolute atomic E-state index is 0.521. The fraction of sp³-hybridized carbons (Fsp3) is 0.588. The van der Waals surface area contributed by atoms with Crippen molar-refractivity contribution in [2.45, 2.75) is 53.0 Å². The molecule has 0 heterocycles. The van der Waals surface area contributed by atoms with E-state index in [1.165, 1.54) is 11.1 Å². The maximum Gasteiger partial charge on any atom is 0.310 e. The van der Waals surface area contributed by atoms with Crippen LogP contribution in [0.1, 0.15) is 51.2 Å². The van der Waals surface area contributed by atoms with E-state index in [2.05, 4.69) is 36.5 Å². The highest BCUT2D eigenvalue weighted by Gasteiger charge is 2.34. The van der Waals surface area contributed by atoms with Gasteiger partial charge in [0, 0.05) is 13.1 Å². The Labute approximate surface area is 122 Å². The van der Waals surface area contributed by atoms with Gasteiger partial charge in [0.05, 0.1) is 5.41 Å². The number of carbonyl (C=O) groups is 1. The fourth-order valence-corrected chi connectivity index (χ4v) is 2.51. The van der Waals surface area contributed by atoms with Crippen LogP contribution < -0.4 is 5.32 Å². The van der Waals surface area contributed by atoms with E-state index in [1.807, 2.05) is 13.8 Å². The average molecular weight is 277 g/mol. The number of aryl methyl sites for hydroxylation is 1. The Kier molecular flexibility index (Phi) is 6.73. The van der Waals surface area contributed by atoms with Crippen LogP contribution in [-0.4, -0.2) is 17.6 Å². The Balaban J connectivity index is 2.58. The number of benzene rings is 1. The second-order valence-electron chi connectivity index (χ2n) is 5.47. The molecule has 0 spiro atoms. The molecule has 0 aliphatic carbocycles. The van der Waals surface area contributed by atoms with E-state index in [1.54, 1.807) is 0 Å². The summed E-state index contributed by atoms with van der Waals surface area (Å²) in [5, 5.41) is 12.7. The van der Waals surface area contributed by atoms with E-state index in [-0.39, 0.29) is 0 Å². The van der Waals surface area contributed by atoms with Gasteiger partial charge in [-0.2, -0.15) is 0 Å². The third-order valence-electron chi connectivity index (χ3n) is 4.13. The third-order valence-corrected chi connectivity index (χ3v) is 4.13. The van der Waals surface area contributed by atoms with Gasteiger partial charge in [0.1, 0.15) is 0 Å². The first kappa shape index (κ1) is 16.7. The number of carboxylic acids is 1. The van der Waals surface area contributed by atoms with Gasteiger partial charge in [0.25, 0.3) is 0 Å². The zero-order valence-corrected chi connectivity index (χ0v) is 12.9. The van der Waals surface area contributed by atoms with Crippen molar-refractivity contribution >= 4 is 5.97 Å². The predicted octanol–water partition coefficient (Wildman–Crippen LogP) is 3.62. The molecule has 0 radical (unpaired) electrons. The first-order chi connectivity index (χ1) is 9.57. The van der Waals surface area contributed by atoms with Crippen molar-refractivity contribution in [3.8, 4) is 0 Å². The summed E-state index contributed by atoms with van der Waals surface area (Å²) in [6.07, 6.45) is 3.55. The maximum atomic E-state index is 11.4. The van der Waals surface area contributed by atoms with Crippen LogP contribution in [0.2, 0.25) is 0 Å². The van der Waals surface area contributed by atoms with Gasteiger partial charge in [-0.05, 0) is 30.4 Å². The highest BCUT2D eigenvalue weighted by molar-refractivity contribution is 5.74. The monoisotopic (exact) mass is 277 g/mol. The molecule has 0 unspecified atom stereocenters. The standard InChI is InChI=1S/C17H27NO2/c1-4-8-14-9-7-10-15(11-14)12-18-13-17(5-2,6-3)16(19)20/h7,9-11,18H,4-6,8,12-13H2,1-3H3,(H,19,20). The summed E-state index contributed by atoms with van der Waals surface area (Å²) in [5.74, 6) is -0.699. The Morgan fingerprint density at radius 3 is 2.40 bits per heavy atom. The summed E-state index contributed by atoms with van der Waals surface area (Å²) in [6, 6.07) is 8.52. The minimum atomic E-state index is -0.699. The molecular weight excluding hydrogens is 250 g/mol. The van der Waals surface area contributed by atoms with Gasteiger partial charge in [-0.25, -0.2) is 0 Å². The summed E-state index contributed by atoms with van der Waals surface area (Å²) in [6.45, 7) is 7.32. The van der Waals surface area contributed by atoms with Gasteiger partial charge < -0.3 is 10.4 Å². The predicted molar refractivity (Wildman–Crippen MR) is 82.8 cm³/mol. The lowest BCUT2D eigenvalue weighted by molar-refractivity contribution is -0.149. The molecule has 3 nitrogen and oxygen atoms in total. The summed E-state index contributed by atoms with van der Waals surface area (Å²) in [4.78, 5) is 11.4. The van der Waals surface area contributed by atoms with Crippen LogP contribution in [0.5, 0.6) is 0 Å². The van der Waals surface area contributed by atoms with Gasteiger partial charge in [-0.1, -0.05) is 51.5 Å². The molecule has 1 aromatic rings. The molecule has 0 bridgehead atoms. The largest absolute Gasteiger partial charge is 0.481 e. The lowest BCUT2D eigenvalue weighted by Crippen LogP contribution is -2.40. The molecule has 2 N–H and O–H groups in total. The van der Waals surface area contributed by atoms with Crippen LogP contribution in [0.15, 0.2) is 24.3 Å². The van der Waals surface area contributed by atoms with Crippen molar-refractivity contribution in [2.75, 3.05) is 6.54 Å². The maximum absolute atomic E-state index is 11.4.